The molecule has 0 atom stereocenters. The topological polar surface area (TPSA) is 115 Å². The smallest absolute Gasteiger partial charge is 0.291 e. The second-order valence-electron chi connectivity index (χ2n) is 2.23. The molecule has 0 aromatic rings. The molecule has 12 heavy (non-hydrogen) atoms. The number of hydrogen-bond acceptors (Lipinski definition) is 4. The normalized spacial score (nSPS) is 8.50. The van der Waals surface area contributed by atoms with Crippen LogP contribution in [0.25, 0.3) is 0 Å². The maximum Gasteiger partial charge on any atom is 0.291 e. The van der Waals surface area contributed by atoms with E-state index in [1.807, 2.05) is 0 Å². The highest BCUT2D eigenvalue weighted by Crippen LogP contribution is 1.95. The molecule has 0 radical (unpaired) electrons. The van der Waals surface area contributed by atoms with Crippen molar-refractivity contribution in [3.05, 3.63) is 10.1 Å². The van der Waals surface area contributed by atoms with Crippen LogP contribution in [0.2, 0.25) is 0 Å². The lowest BCUT2D eigenvalue weighted by molar-refractivity contribution is -0.742. The fourth-order valence-corrected chi connectivity index (χ4v) is 0.642. The van der Waals surface area contributed by atoms with E-state index in [1.165, 1.54) is 12.8 Å². The lowest BCUT2D eigenvalue weighted by Crippen LogP contribution is -2.00. The highest BCUT2D eigenvalue weighted by atomic mass is 16.9. The van der Waals surface area contributed by atoms with Crippen molar-refractivity contribution in [3.63, 3.8) is 0 Å². The van der Waals surface area contributed by atoms with Gasteiger partial charge in [-0.05, 0) is 25.9 Å². The molecule has 0 spiro atoms. The average molecular weight is 179 g/mol. The van der Waals surface area contributed by atoms with E-state index in [-0.39, 0.29) is 0 Å². The lowest BCUT2D eigenvalue weighted by Gasteiger charge is -1.94. The van der Waals surface area contributed by atoms with Gasteiger partial charge in [-0.25, -0.2) is 0 Å². The minimum atomic E-state index is -1.50. The third kappa shape index (κ3) is 35.4. The summed E-state index contributed by atoms with van der Waals surface area (Å²) >= 11 is 0. The van der Waals surface area contributed by atoms with Crippen LogP contribution in [0, 0.1) is 10.1 Å². The second-order valence-corrected chi connectivity index (χ2v) is 2.23. The van der Waals surface area contributed by atoms with Gasteiger partial charge in [0, 0.05) is 0 Å². The summed E-state index contributed by atoms with van der Waals surface area (Å²) in [6, 6.07) is 0. The molecule has 0 aliphatic heterocycles. The maximum absolute atomic E-state index is 8.36. The van der Waals surface area contributed by atoms with Gasteiger partial charge in [0.15, 0.2) is 0 Å². The number of hydrogen-bond donors (Lipinski definition) is 3. The first-order chi connectivity index (χ1) is 5.65. The zero-order chi connectivity index (χ0) is 9.82. The maximum atomic E-state index is 8.36. The van der Waals surface area contributed by atoms with Crippen molar-refractivity contribution in [1.29, 1.82) is 0 Å². The van der Waals surface area contributed by atoms with Gasteiger partial charge in [0.1, 0.15) is 0 Å². The van der Waals surface area contributed by atoms with Gasteiger partial charge in [0.2, 0.25) is 0 Å². The van der Waals surface area contributed by atoms with Crippen molar-refractivity contribution in [1.82, 2.24) is 0 Å². The van der Waals surface area contributed by atoms with Crippen molar-refractivity contribution in [2.24, 2.45) is 11.5 Å². The first-order valence-electron chi connectivity index (χ1n) is 3.88. The van der Waals surface area contributed by atoms with Crippen LogP contribution in [0.15, 0.2) is 0 Å². The fraction of sp³-hybridized carbons (Fsp3) is 1.00. The molecule has 0 amide bonds. The van der Waals surface area contributed by atoms with E-state index in [9.17, 15) is 0 Å². The van der Waals surface area contributed by atoms with Crippen molar-refractivity contribution >= 4 is 0 Å². The molecular weight excluding hydrogens is 162 g/mol. The Morgan fingerprint density at radius 3 is 1.50 bits per heavy atom. The van der Waals surface area contributed by atoms with E-state index in [0.29, 0.717) is 0 Å². The number of unbranched alkanes of at least 4 members (excludes halogenated alkanes) is 3. The molecule has 6 heteroatoms. The summed E-state index contributed by atoms with van der Waals surface area (Å²) in [5.41, 5.74) is 10.6. The molecule has 0 bridgehead atoms. The summed E-state index contributed by atoms with van der Waals surface area (Å²) < 4.78 is 0. The van der Waals surface area contributed by atoms with Crippen molar-refractivity contribution < 1.29 is 10.3 Å². The van der Waals surface area contributed by atoms with E-state index in [2.05, 4.69) is 0 Å². The molecule has 0 saturated carbocycles. The predicted molar refractivity (Wildman–Crippen MR) is 45.4 cm³/mol. The zero-order valence-electron chi connectivity index (χ0n) is 7.11. The summed E-state index contributed by atoms with van der Waals surface area (Å²) in [6.45, 7) is 1.65. The Bertz CT molecular complexity index is 90.0. The van der Waals surface area contributed by atoms with E-state index < -0.39 is 5.09 Å². The molecule has 74 valence electrons. The molecule has 0 fully saturated rings. The van der Waals surface area contributed by atoms with Gasteiger partial charge in [-0.15, -0.1) is 10.1 Å². The summed E-state index contributed by atoms with van der Waals surface area (Å²) in [6.07, 6.45) is 4.79. The summed E-state index contributed by atoms with van der Waals surface area (Å²) in [4.78, 5) is 8.36. The third-order valence-electron chi connectivity index (χ3n) is 1.16. The highest BCUT2D eigenvalue weighted by molar-refractivity contribution is 4.43. The van der Waals surface area contributed by atoms with Crippen LogP contribution in [-0.4, -0.2) is 23.4 Å². The minimum absolute atomic E-state index is 0.824. The van der Waals surface area contributed by atoms with Gasteiger partial charge >= 0.3 is 0 Å². The average Bonchev–Trinajstić information content (AvgIpc) is 1.97. The van der Waals surface area contributed by atoms with Gasteiger partial charge < -0.3 is 16.7 Å². The molecule has 0 heterocycles. The largest absolute Gasteiger partial charge is 0.330 e. The van der Waals surface area contributed by atoms with Gasteiger partial charge in [-0.3, -0.25) is 0 Å². The van der Waals surface area contributed by atoms with Crippen LogP contribution >= 0.6 is 0 Å². The Morgan fingerprint density at radius 2 is 1.33 bits per heavy atom. The van der Waals surface area contributed by atoms with Crippen LogP contribution in [0.3, 0.4) is 0 Å². The summed E-state index contributed by atoms with van der Waals surface area (Å²) in [5.74, 6) is 0. The molecule has 0 rings (SSSR count). The lowest BCUT2D eigenvalue weighted by atomic mass is 10.2. The Labute approximate surface area is 71.7 Å². The van der Waals surface area contributed by atoms with Crippen molar-refractivity contribution in [3.8, 4) is 0 Å². The highest BCUT2D eigenvalue weighted by Gasteiger charge is 1.83. The summed E-state index contributed by atoms with van der Waals surface area (Å²) in [7, 11) is 0. The quantitative estimate of drug-likeness (QED) is 0.315. The molecule has 0 aliphatic carbocycles. The zero-order valence-corrected chi connectivity index (χ0v) is 7.11. The molecule has 6 nitrogen and oxygen atoms in total. The first kappa shape index (κ1) is 13.7. The number of nitrogens with two attached hydrogens (primary N) is 2. The Hall–Kier alpha value is -0.880. The molecule has 0 unspecified atom stereocenters. The molecule has 0 aromatic heterocycles. The van der Waals surface area contributed by atoms with Gasteiger partial charge in [0.05, 0.1) is 0 Å². The monoisotopic (exact) mass is 179 g/mol. The van der Waals surface area contributed by atoms with Crippen LogP contribution in [0.1, 0.15) is 25.7 Å². The predicted octanol–water partition coefficient (Wildman–Crippen LogP) is 0.117. The van der Waals surface area contributed by atoms with E-state index in [1.54, 1.807) is 0 Å². The Kier molecular flexibility index (Phi) is 14.6. The molecule has 0 aromatic carbocycles. The first-order valence-corrected chi connectivity index (χ1v) is 3.88. The third-order valence-corrected chi connectivity index (χ3v) is 1.16. The number of nitrogens with zero attached hydrogens (tertiary/aromatic N) is 1. The van der Waals surface area contributed by atoms with Gasteiger partial charge in [-0.1, -0.05) is 12.8 Å². The van der Waals surface area contributed by atoms with Gasteiger partial charge in [-0.2, -0.15) is 0 Å². The molecule has 5 N–H and O–H groups in total. The van der Waals surface area contributed by atoms with E-state index in [0.717, 1.165) is 25.9 Å². The van der Waals surface area contributed by atoms with E-state index in [4.69, 9.17) is 26.8 Å². The van der Waals surface area contributed by atoms with Gasteiger partial charge in [0.25, 0.3) is 5.09 Å². The van der Waals surface area contributed by atoms with Crippen LogP contribution in [0.4, 0.5) is 0 Å². The SMILES string of the molecule is NCCCCCCN.O=[N+]([O-])O. The Balaban J connectivity index is 0. The Morgan fingerprint density at radius 1 is 1.08 bits per heavy atom. The van der Waals surface area contributed by atoms with Crippen molar-refractivity contribution in [2.45, 2.75) is 25.7 Å². The van der Waals surface area contributed by atoms with E-state index >= 15 is 0 Å². The van der Waals surface area contributed by atoms with Crippen LogP contribution in [0.5, 0.6) is 0 Å². The molecular formula is C6H17N3O3. The number of rotatable bonds is 5. The van der Waals surface area contributed by atoms with Crippen LogP contribution in [-0.2, 0) is 0 Å². The standard InChI is InChI=1S/C6H16N2.HNO3/c7-5-3-1-2-4-6-8;2-1(3)4/h1-8H2;(H,2,3,4). The minimum Gasteiger partial charge on any atom is -0.330 e. The van der Waals surface area contributed by atoms with Crippen LogP contribution < -0.4 is 11.5 Å². The van der Waals surface area contributed by atoms with Crippen molar-refractivity contribution in [2.75, 3.05) is 13.1 Å². The molecule has 0 aliphatic rings. The second kappa shape index (κ2) is 12.8. The molecule has 0 saturated heterocycles. The summed E-state index contributed by atoms with van der Waals surface area (Å²) in [5, 5.41) is 13.6. The fourth-order valence-electron chi connectivity index (χ4n) is 0.642.